The van der Waals surface area contributed by atoms with Gasteiger partial charge in [-0.25, -0.2) is 0 Å². The number of hydrogen-bond donors (Lipinski definition) is 1. The molecule has 0 fully saturated rings. The van der Waals surface area contributed by atoms with Crippen molar-refractivity contribution < 1.29 is 4.74 Å². The summed E-state index contributed by atoms with van der Waals surface area (Å²) in [6, 6.07) is 6.41. The molecule has 2 nitrogen and oxygen atoms in total. The van der Waals surface area contributed by atoms with Crippen molar-refractivity contribution in [3.05, 3.63) is 23.8 Å². The Labute approximate surface area is 79.5 Å². The Kier molecular flexibility index (Phi) is 2.55. The van der Waals surface area contributed by atoms with Crippen molar-refractivity contribution in [2.45, 2.75) is 13.4 Å². The zero-order valence-electron chi connectivity index (χ0n) is 7.97. The quantitative estimate of drug-likeness (QED) is 0.635. The molecule has 0 amide bonds. The smallest absolute Gasteiger partial charge is 0.155 e. The fourth-order valence-corrected chi connectivity index (χ4v) is 1.73. The molecular formula is C10H14BNO. The first kappa shape index (κ1) is 8.63. The number of rotatable bonds is 1. The first-order valence-electron chi connectivity index (χ1n) is 4.84. The first-order valence-corrected chi connectivity index (χ1v) is 4.84. The van der Waals surface area contributed by atoms with Crippen LogP contribution in [0.5, 0.6) is 0 Å². The average Bonchev–Trinajstić information content (AvgIpc) is 2.41. The van der Waals surface area contributed by atoms with Gasteiger partial charge in [0.15, 0.2) is 7.28 Å². The Morgan fingerprint density at radius 3 is 3.23 bits per heavy atom. The molecule has 1 aliphatic rings. The van der Waals surface area contributed by atoms with Crippen LogP contribution < -0.4 is 10.8 Å². The maximum atomic E-state index is 5.50. The van der Waals surface area contributed by atoms with E-state index in [-0.39, 0.29) is 0 Å². The summed E-state index contributed by atoms with van der Waals surface area (Å²) in [5.41, 5.74) is 3.98. The molecule has 1 N–H and O–H groups in total. The van der Waals surface area contributed by atoms with Crippen molar-refractivity contribution in [3.8, 4) is 0 Å². The minimum Gasteiger partial charge on any atom is -0.382 e. The van der Waals surface area contributed by atoms with Crippen molar-refractivity contribution in [2.24, 2.45) is 0 Å². The molecule has 3 heteroatoms. The predicted octanol–water partition coefficient (Wildman–Crippen LogP) is 0.739. The summed E-state index contributed by atoms with van der Waals surface area (Å²) in [5.74, 6) is 0. The van der Waals surface area contributed by atoms with E-state index in [9.17, 15) is 0 Å². The van der Waals surface area contributed by atoms with Gasteiger partial charge >= 0.3 is 0 Å². The molecule has 0 spiro atoms. The highest BCUT2D eigenvalue weighted by atomic mass is 16.5. The van der Waals surface area contributed by atoms with Gasteiger partial charge in [-0.1, -0.05) is 24.4 Å². The lowest BCUT2D eigenvalue weighted by molar-refractivity contribution is 0.135. The van der Waals surface area contributed by atoms with Crippen LogP contribution in [0.15, 0.2) is 18.2 Å². The molecule has 0 unspecified atom stereocenters. The van der Waals surface area contributed by atoms with Crippen molar-refractivity contribution in [1.29, 1.82) is 0 Å². The molecule has 2 rings (SSSR count). The lowest BCUT2D eigenvalue weighted by atomic mass is 9.70. The molecule has 0 saturated heterocycles. The lowest BCUT2D eigenvalue weighted by Gasteiger charge is -2.10. The number of fused-ring (bicyclic) bond motifs is 1. The van der Waals surface area contributed by atoms with Crippen LogP contribution in [-0.2, 0) is 11.3 Å². The van der Waals surface area contributed by atoms with Gasteiger partial charge in [0.2, 0.25) is 0 Å². The van der Waals surface area contributed by atoms with Crippen LogP contribution >= 0.6 is 0 Å². The van der Waals surface area contributed by atoms with Crippen LogP contribution in [0.4, 0.5) is 5.69 Å². The van der Waals surface area contributed by atoms with Crippen LogP contribution in [0.25, 0.3) is 0 Å². The number of hydrogen-bond acceptors (Lipinski definition) is 2. The predicted molar refractivity (Wildman–Crippen MR) is 57.2 cm³/mol. The third-order valence-corrected chi connectivity index (χ3v) is 2.46. The molecule has 1 aromatic carbocycles. The molecule has 0 atom stereocenters. The molecule has 1 aliphatic heterocycles. The maximum Gasteiger partial charge on any atom is 0.155 e. The van der Waals surface area contributed by atoms with E-state index in [1.54, 1.807) is 0 Å². The molecule has 13 heavy (non-hydrogen) atoms. The number of ether oxygens (including phenoxy) is 1. The molecule has 1 aromatic rings. The highest BCUT2D eigenvalue weighted by Gasteiger charge is 2.09. The summed E-state index contributed by atoms with van der Waals surface area (Å²) in [5, 5.41) is 3.37. The first-order chi connectivity index (χ1) is 6.42. The van der Waals surface area contributed by atoms with Gasteiger partial charge in [-0.3, -0.25) is 0 Å². The van der Waals surface area contributed by atoms with Crippen LogP contribution in [0.3, 0.4) is 0 Å². The zero-order valence-corrected chi connectivity index (χ0v) is 7.97. The fourth-order valence-electron chi connectivity index (χ4n) is 1.73. The van der Waals surface area contributed by atoms with Gasteiger partial charge in [0, 0.05) is 12.2 Å². The van der Waals surface area contributed by atoms with Crippen LogP contribution in [-0.4, -0.2) is 20.4 Å². The van der Waals surface area contributed by atoms with Gasteiger partial charge in [0.25, 0.3) is 0 Å². The Balaban J connectivity index is 2.40. The normalized spacial score (nSPS) is 15.5. The van der Waals surface area contributed by atoms with Gasteiger partial charge < -0.3 is 10.1 Å². The second-order valence-corrected chi connectivity index (χ2v) is 3.28. The van der Waals surface area contributed by atoms with E-state index in [2.05, 4.69) is 30.3 Å². The molecule has 1 heterocycles. The van der Waals surface area contributed by atoms with Crippen molar-refractivity contribution in [1.82, 2.24) is 0 Å². The van der Waals surface area contributed by atoms with Gasteiger partial charge in [-0.05, 0) is 11.6 Å². The van der Waals surface area contributed by atoms with Gasteiger partial charge in [0.05, 0.1) is 13.2 Å². The number of nitrogens with one attached hydrogen (secondary N) is 1. The third kappa shape index (κ3) is 1.70. The van der Waals surface area contributed by atoms with Gasteiger partial charge in [-0.15, -0.1) is 0 Å². The molecule has 0 aromatic heterocycles. The topological polar surface area (TPSA) is 21.3 Å². The minimum atomic E-state index is 0.756. The summed E-state index contributed by atoms with van der Waals surface area (Å²) in [4.78, 5) is 0. The molecule has 68 valence electrons. The third-order valence-electron chi connectivity index (χ3n) is 2.46. The Morgan fingerprint density at radius 2 is 2.38 bits per heavy atom. The van der Waals surface area contributed by atoms with Crippen LogP contribution in [0.2, 0.25) is 6.82 Å². The number of benzene rings is 1. The molecule has 0 bridgehead atoms. The Hall–Kier alpha value is -0.955. The largest absolute Gasteiger partial charge is 0.382 e. The lowest BCUT2D eigenvalue weighted by Crippen LogP contribution is -2.17. The highest BCUT2D eigenvalue weighted by Crippen LogP contribution is 2.16. The van der Waals surface area contributed by atoms with Crippen LogP contribution in [0, 0.1) is 0 Å². The summed E-state index contributed by atoms with van der Waals surface area (Å²) in [7, 11) is 1.08. The second-order valence-electron chi connectivity index (χ2n) is 3.28. The van der Waals surface area contributed by atoms with E-state index in [1.807, 2.05) is 0 Å². The summed E-state index contributed by atoms with van der Waals surface area (Å²) in [6.45, 7) is 4.66. The minimum absolute atomic E-state index is 0.756. The fraction of sp³-hybridized carbons (Fsp3) is 0.400. The van der Waals surface area contributed by atoms with Crippen molar-refractivity contribution in [2.75, 3.05) is 18.5 Å². The molecular weight excluding hydrogens is 161 g/mol. The molecule has 0 aliphatic carbocycles. The average molecular weight is 175 g/mol. The zero-order chi connectivity index (χ0) is 9.10. The van der Waals surface area contributed by atoms with Gasteiger partial charge in [-0.2, -0.15) is 0 Å². The summed E-state index contributed by atoms with van der Waals surface area (Å²) >= 11 is 0. The standard InChI is InChI=1S/C10H14BNO/c1-11-9-3-2-4-10-8(9)7-13-6-5-12-10/h2-4,11-12H,5-7H2,1H3. The Morgan fingerprint density at radius 1 is 1.46 bits per heavy atom. The van der Waals surface area contributed by atoms with E-state index < -0.39 is 0 Å². The van der Waals surface area contributed by atoms with E-state index >= 15 is 0 Å². The van der Waals surface area contributed by atoms with E-state index in [0.29, 0.717) is 0 Å². The summed E-state index contributed by atoms with van der Waals surface area (Å²) < 4.78 is 5.50. The molecule has 0 saturated carbocycles. The van der Waals surface area contributed by atoms with E-state index in [1.165, 1.54) is 16.7 Å². The Bertz CT molecular complexity index is 301. The summed E-state index contributed by atoms with van der Waals surface area (Å²) in [6.07, 6.45) is 0. The van der Waals surface area contributed by atoms with Crippen LogP contribution in [0.1, 0.15) is 5.56 Å². The second kappa shape index (κ2) is 3.84. The van der Waals surface area contributed by atoms with E-state index in [0.717, 1.165) is 27.0 Å². The van der Waals surface area contributed by atoms with Crippen molar-refractivity contribution >= 4 is 18.4 Å². The maximum absolute atomic E-state index is 5.50. The van der Waals surface area contributed by atoms with E-state index in [4.69, 9.17) is 4.74 Å². The monoisotopic (exact) mass is 175 g/mol. The number of anilines is 1. The van der Waals surface area contributed by atoms with Gasteiger partial charge in [0.1, 0.15) is 0 Å². The highest BCUT2D eigenvalue weighted by molar-refractivity contribution is 6.52. The molecule has 0 radical (unpaired) electrons. The van der Waals surface area contributed by atoms with Crippen molar-refractivity contribution in [3.63, 3.8) is 0 Å². The SMILES string of the molecule is CBc1cccc2c1COCCN2.